The summed E-state index contributed by atoms with van der Waals surface area (Å²) < 4.78 is 0. The molecule has 0 bridgehead atoms. The van der Waals surface area contributed by atoms with Crippen LogP contribution in [0, 0.1) is 0 Å². The van der Waals surface area contributed by atoms with E-state index in [2.05, 4.69) is 6.92 Å². The van der Waals surface area contributed by atoms with Gasteiger partial charge in [-0.25, -0.2) is 0 Å². The van der Waals surface area contributed by atoms with Crippen LogP contribution in [-0.4, -0.2) is 6.54 Å². The van der Waals surface area contributed by atoms with E-state index in [0.29, 0.717) is 0 Å². The van der Waals surface area contributed by atoms with Gasteiger partial charge < -0.3 is 5.73 Å². The Hall–Kier alpha value is 0.454. The number of hydrogen-bond acceptors (Lipinski definition) is 1. The van der Waals surface area contributed by atoms with Gasteiger partial charge >= 0.3 is 0 Å². The smallest absolute Gasteiger partial charge is 0 e. The average molecular weight is 132 g/mol. The second kappa shape index (κ2) is 9.07. The summed E-state index contributed by atoms with van der Waals surface area (Å²) in [6, 6.07) is 0. The molecular formula is C4H11NNi. The van der Waals surface area contributed by atoms with Gasteiger partial charge in [-0.3, -0.25) is 0 Å². The zero-order chi connectivity index (χ0) is 4.12. The fourth-order valence-corrected chi connectivity index (χ4v) is 0.204. The van der Waals surface area contributed by atoms with Crippen LogP contribution in [-0.2, 0) is 16.5 Å². The summed E-state index contributed by atoms with van der Waals surface area (Å²) >= 11 is 0. The second-order valence-electron chi connectivity index (χ2n) is 1.14. The van der Waals surface area contributed by atoms with E-state index >= 15 is 0 Å². The maximum absolute atomic E-state index is 5.14. The zero-order valence-corrected chi connectivity index (χ0v) is 5.00. The van der Waals surface area contributed by atoms with Crippen molar-refractivity contribution in [1.82, 2.24) is 0 Å². The molecule has 0 aliphatic heterocycles. The Balaban J connectivity index is 0. The molecule has 2 N–H and O–H groups in total. The van der Waals surface area contributed by atoms with E-state index in [4.69, 9.17) is 5.73 Å². The molecule has 0 saturated carbocycles. The summed E-state index contributed by atoms with van der Waals surface area (Å²) in [5.74, 6) is 0. The third kappa shape index (κ3) is 8.82. The van der Waals surface area contributed by atoms with E-state index in [9.17, 15) is 0 Å². The maximum atomic E-state index is 5.14. The van der Waals surface area contributed by atoms with Crippen LogP contribution in [0.1, 0.15) is 19.8 Å². The van der Waals surface area contributed by atoms with Crippen molar-refractivity contribution >= 4 is 0 Å². The van der Waals surface area contributed by atoms with E-state index < -0.39 is 0 Å². The van der Waals surface area contributed by atoms with Crippen molar-refractivity contribution in [2.45, 2.75) is 19.8 Å². The van der Waals surface area contributed by atoms with Gasteiger partial charge in [0.25, 0.3) is 0 Å². The van der Waals surface area contributed by atoms with E-state index in [-0.39, 0.29) is 16.5 Å². The molecule has 0 heterocycles. The van der Waals surface area contributed by atoms with Gasteiger partial charge in [-0.05, 0) is 13.0 Å². The number of hydrogen-bond donors (Lipinski definition) is 1. The standard InChI is InChI=1S/C4H11N.Ni/c1-2-3-4-5;/h2-5H2,1H3;. The first-order valence-corrected chi connectivity index (χ1v) is 2.12. The molecule has 1 nitrogen and oxygen atoms in total. The summed E-state index contributed by atoms with van der Waals surface area (Å²) in [6.45, 7) is 2.98. The van der Waals surface area contributed by atoms with Gasteiger partial charge in [-0.1, -0.05) is 13.3 Å². The fraction of sp³-hybridized carbons (Fsp3) is 1.00. The topological polar surface area (TPSA) is 26.0 Å². The van der Waals surface area contributed by atoms with Gasteiger partial charge in [-0.15, -0.1) is 0 Å². The fourth-order valence-electron chi connectivity index (χ4n) is 0.204. The summed E-state index contributed by atoms with van der Waals surface area (Å²) in [7, 11) is 0. The molecular weight excluding hydrogens is 121 g/mol. The molecule has 0 aromatic rings. The molecule has 2 heteroatoms. The van der Waals surface area contributed by atoms with Crippen LogP contribution in [0.25, 0.3) is 0 Å². The Morgan fingerprint density at radius 3 is 2.00 bits per heavy atom. The first kappa shape index (κ1) is 9.68. The molecule has 6 heavy (non-hydrogen) atoms. The van der Waals surface area contributed by atoms with Gasteiger partial charge in [0.15, 0.2) is 0 Å². The van der Waals surface area contributed by atoms with E-state index in [0.717, 1.165) is 6.54 Å². The van der Waals surface area contributed by atoms with Crippen LogP contribution >= 0.6 is 0 Å². The molecule has 0 atom stereocenters. The first-order valence-electron chi connectivity index (χ1n) is 2.12. The van der Waals surface area contributed by atoms with Crippen LogP contribution in [0.5, 0.6) is 0 Å². The van der Waals surface area contributed by atoms with Crippen LogP contribution < -0.4 is 5.73 Å². The first-order chi connectivity index (χ1) is 2.41. The van der Waals surface area contributed by atoms with E-state index in [1.165, 1.54) is 12.8 Å². The molecule has 0 saturated heterocycles. The number of rotatable bonds is 2. The SMILES string of the molecule is CCCCN.[Ni]. The third-order valence-electron chi connectivity index (χ3n) is 0.558. The molecule has 0 spiro atoms. The minimum atomic E-state index is 0. The molecule has 0 amide bonds. The summed E-state index contributed by atoms with van der Waals surface area (Å²) in [4.78, 5) is 0. The van der Waals surface area contributed by atoms with Gasteiger partial charge in [0.2, 0.25) is 0 Å². The molecule has 0 rings (SSSR count). The molecule has 0 aromatic heterocycles. The predicted molar refractivity (Wildman–Crippen MR) is 24.0 cm³/mol. The summed E-state index contributed by atoms with van der Waals surface area (Å²) in [6.07, 6.45) is 2.39. The Bertz CT molecular complexity index is 15.0. The normalized spacial score (nSPS) is 7.00. The molecule has 0 radical (unpaired) electrons. The minimum absolute atomic E-state index is 0. The second-order valence-corrected chi connectivity index (χ2v) is 1.14. The maximum Gasteiger partial charge on any atom is 0 e. The van der Waals surface area contributed by atoms with Crippen molar-refractivity contribution in [2.24, 2.45) is 5.73 Å². The van der Waals surface area contributed by atoms with Gasteiger partial charge in [0.05, 0.1) is 0 Å². The molecule has 0 unspecified atom stereocenters. The molecule has 42 valence electrons. The minimum Gasteiger partial charge on any atom is -0.330 e. The van der Waals surface area contributed by atoms with Crippen molar-refractivity contribution in [3.05, 3.63) is 0 Å². The average Bonchev–Trinajstić information content (AvgIpc) is 1.41. The molecule has 0 fully saturated rings. The Morgan fingerprint density at radius 1 is 1.50 bits per heavy atom. The zero-order valence-electron chi connectivity index (χ0n) is 4.01. The Kier molecular flexibility index (Phi) is 14.6. The molecule has 0 aliphatic carbocycles. The third-order valence-corrected chi connectivity index (χ3v) is 0.558. The number of unbranched alkanes of at least 4 members (excludes halogenated alkanes) is 1. The summed E-state index contributed by atoms with van der Waals surface area (Å²) in [5.41, 5.74) is 5.14. The van der Waals surface area contributed by atoms with Gasteiger partial charge in [0, 0.05) is 16.5 Å². The molecule has 0 aromatic carbocycles. The van der Waals surface area contributed by atoms with E-state index in [1.807, 2.05) is 0 Å². The monoisotopic (exact) mass is 131 g/mol. The van der Waals surface area contributed by atoms with Gasteiger partial charge in [0.1, 0.15) is 0 Å². The van der Waals surface area contributed by atoms with Crippen molar-refractivity contribution < 1.29 is 16.5 Å². The van der Waals surface area contributed by atoms with Crippen molar-refractivity contribution in [1.29, 1.82) is 0 Å². The van der Waals surface area contributed by atoms with Gasteiger partial charge in [-0.2, -0.15) is 0 Å². The van der Waals surface area contributed by atoms with Crippen LogP contribution in [0.3, 0.4) is 0 Å². The Labute approximate surface area is 49.2 Å². The van der Waals surface area contributed by atoms with Crippen molar-refractivity contribution in [2.75, 3.05) is 6.54 Å². The predicted octanol–water partition coefficient (Wildman–Crippen LogP) is 0.743. The number of nitrogens with two attached hydrogens (primary N) is 1. The van der Waals surface area contributed by atoms with Crippen molar-refractivity contribution in [3.8, 4) is 0 Å². The van der Waals surface area contributed by atoms with Crippen LogP contribution in [0.15, 0.2) is 0 Å². The van der Waals surface area contributed by atoms with Crippen LogP contribution in [0.4, 0.5) is 0 Å². The Morgan fingerprint density at radius 2 is 2.00 bits per heavy atom. The van der Waals surface area contributed by atoms with Crippen molar-refractivity contribution in [3.63, 3.8) is 0 Å². The largest absolute Gasteiger partial charge is 0.330 e. The molecule has 0 aliphatic rings. The van der Waals surface area contributed by atoms with E-state index in [1.54, 1.807) is 0 Å². The quantitative estimate of drug-likeness (QED) is 0.550. The summed E-state index contributed by atoms with van der Waals surface area (Å²) in [5, 5.41) is 0. The van der Waals surface area contributed by atoms with Crippen LogP contribution in [0.2, 0.25) is 0 Å².